The summed E-state index contributed by atoms with van der Waals surface area (Å²) in [6, 6.07) is 5.69. The van der Waals surface area contributed by atoms with Crippen molar-refractivity contribution in [2.75, 3.05) is 5.75 Å². The van der Waals surface area contributed by atoms with Crippen LogP contribution in [0.25, 0.3) is 16.9 Å². The molecule has 3 rings (SSSR count). The van der Waals surface area contributed by atoms with Crippen molar-refractivity contribution in [1.29, 1.82) is 0 Å². The average molecular weight is 363 g/mol. The van der Waals surface area contributed by atoms with Crippen LogP contribution in [-0.4, -0.2) is 44.7 Å². The Kier molecular flexibility index (Phi) is 4.21. The molecule has 0 saturated heterocycles. The summed E-state index contributed by atoms with van der Waals surface area (Å²) in [5.41, 5.74) is 2.14. The fraction of sp³-hybridized carbons (Fsp3) is 0.267. The summed E-state index contributed by atoms with van der Waals surface area (Å²) in [6.45, 7) is 1.79. The minimum absolute atomic E-state index is 0.129. The van der Waals surface area contributed by atoms with Crippen LogP contribution in [0.1, 0.15) is 11.3 Å². The number of hydrogen-bond donors (Lipinski definition) is 2. The number of sulfonamides is 1. The first-order chi connectivity index (χ1) is 11.8. The highest BCUT2D eigenvalue weighted by Crippen LogP contribution is 2.23. The van der Waals surface area contributed by atoms with Crippen molar-refractivity contribution in [2.45, 2.75) is 13.3 Å². The number of pyridine rings is 1. The zero-order valence-electron chi connectivity index (χ0n) is 13.7. The first kappa shape index (κ1) is 17.0. The zero-order valence-corrected chi connectivity index (χ0v) is 14.5. The maximum Gasteiger partial charge on any atom is 0.418 e. The molecule has 0 aliphatic rings. The minimum Gasteiger partial charge on any atom is -0.464 e. The van der Waals surface area contributed by atoms with Crippen LogP contribution in [0.3, 0.4) is 0 Å². The monoisotopic (exact) mass is 363 g/mol. The first-order valence-corrected chi connectivity index (χ1v) is 9.12. The van der Waals surface area contributed by atoms with E-state index in [-0.39, 0.29) is 12.2 Å². The molecular formula is C15H17N5O4S. The lowest BCUT2D eigenvalue weighted by Gasteiger charge is -2.09. The minimum atomic E-state index is -3.93. The Bertz CT molecular complexity index is 1050. The van der Waals surface area contributed by atoms with Gasteiger partial charge in [-0.2, -0.15) is 5.10 Å². The van der Waals surface area contributed by atoms with Gasteiger partial charge in [-0.1, -0.05) is 0 Å². The second-order valence-electron chi connectivity index (χ2n) is 5.59. The summed E-state index contributed by atoms with van der Waals surface area (Å²) in [6.07, 6.45) is 2.07. The lowest BCUT2D eigenvalue weighted by molar-refractivity contribution is 0.201. The number of rotatable bonds is 5. The van der Waals surface area contributed by atoms with Crippen molar-refractivity contribution in [1.82, 2.24) is 24.1 Å². The van der Waals surface area contributed by atoms with E-state index in [1.165, 1.54) is 0 Å². The largest absolute Gasteiger partial charge is 0.464 e. The second kappa shape index (κ2) is 6.20. The maximum absolute atomic E-state index is 11.8. The van der Waals surface area contributed by atoms with Crippen molar-refractivity contribution in [3.63, 3.8) is 0 Å². The molecule has 3 aromatic rings. The highest BCUT2D eigenvalue weighted by molar-refractivity contribution is 7.90. The number of carbonyl (C=O) groups is 1. The average Bonchev–Trinajstić information content (AvgIpc) is 3.04. The SMILES string of the molecule is Cc1nn(C)c(-n2ccc3cccnc32)c1CCS(=O)(=O)NC(=O)O. The molecule has 0 bridgehead atoms. The van der Waals surface area contributed by atoms with Crippen molar-refractivity contribution in [3.8, 4) is 5.82 Å². The van der Waals surface area contributed by atoms with E-state index in [0.717, 1.165) is 16.6 Å². The summed E-state index contributed by atoms with van der Waals surface area (Å²) in [5.74, 6) is 0.350. The van der Waals surface area contributed by atoms with Gasteiger partial charge >= 0.3 is 6.09 Å². The van der Waals surface area contributed by atoms with Crippen LogP contribution in [0.5, 0.6) is 0 Å². The van der Waals surface area contributed by atoms with Crippen LogP contribution in [0.15, 0.2) is 30.6 Å². The van der Waals surface area contributed by atoms with Crippen LogP contribution in [-0.2, 0) is 23.5 Å². The van der Waals surface area contributed by atoms with Gasteiger partial charge in [-0.25, -0.2) is 22.9 Å². The van der Waals surface area contributed by atoms with Gasteiger partial charge in [-0.15, -0.1) is 0 Å². The van der Waals surface area contributed by atoms with Gasteiger partial charge in [0.05, 0.1) is 11.4 Å². The Hall–Kier alpha value is -2.88. The molecule has 0 aliphatic heterocycles. The number of hydrogen-bond acceptors (Lipinski definition) is 5. The molecule has 0 spiro atoms. The number of amides is 1. The number of carboxylic acid groups (broad SMARTS) is 1. The van der Waals surface area contributed by atoms with Gasteiger partial charge < -0.3 is 5.11 Å². The summed E-state index contributed by atoms with van der Waals surface area (Å²) < 4.78 is 28.7. The highest BCUT2D eigenvalue weighted by atomic mass is 32.2. The number of aryl methyl sites for hydroxylation is 2. The van der Waals surface area contributed by atoms with Crippen LogP contribution in [0.4, 0.5) is 4.79 Å². The van der Waals surface area contributed by atoms with Gasteiger partial charge in [0.2, 0.25) is 10.0 Å². The molecule has 2 N–H and O–H groups in total. The Morgan fingerprint density at radius 1 is 1.36 bits per heavy atom. The molecular weight excluding hydrogens is 346 g/mol. The molecule has 0 fully saturated rings. The highest BCUT2D eigenvalue weighted by Gasteiger charge is 2.20. The normalized spacial score (nSPS) is 11.8. The van der Waals surface area contributed by atoms with Gasteiger partial charge in [0.25, 0.3) is 0 Å². The molecule has 3 heterocycles. The van der Waals surface area contributed by atoms with E-state index < -0.39 is 16.1 Å². The van der Waals surface area contributed by atoms with Crippen LogP contribution in [0.2, 0.25) is 0 Å². The third-order valence-corrected chi connectivity index (χ3v) is 5.08. The lowest BCUT2D eigenvalue weighted by Crippen LogP contribution is -2.31. The fourth-order valence-corrected chi connectivity index (χ4v) is 3.68. The van der Waals surface area contributed by atoms with Crippen molar-refractivity contribution >= 4 is 27.1 Å². The first-order valence-electron chi connectivity index (χ1n) is 7.47. The Morgan fingerprint density at radius 2 is 2.12 bits per heavy atom. The van der Waals surface area contributed by atoms with Crippen LogP contribution in [0, 0.1) is 6.92 Å². The maximum atomic E-state index is 11.8. The molecule has 132 valence electrons. The molecule has 1 amide bonds. The smallest absolute Gasteiger partial charge is 0.418 e. The van der Waals surface area contributed by atoms with Gasteiger partial charge in [0, 0.05) is 30.4 Å². The van der Waals surface area contributed by atoms with E-state index in [0.29, 0.717) is 11.5 Å². The fourth-order valence-electron chi connectivity index (χ4n) is 2.84. The summed E-state index contributed by atoms with van der Waals surface area (Å²) in [4.78, 5) is 14.9. The van der Waals surface area contributed by atoms with Gasteiger partial charge in [0.1, 0.15) is 11.5 Å². The summed E-state index contributed by atoms with van der Waals surface area (Å²) in [7, 11) is -2.16. The van der Waals surface area contributed by atoms with Gasteiger partial charge in [-0.05, 0) is 31.5 Å². The summed E-state index contributed by atoms with van der Waals surface area (Å²) >= 11 is 0. The Morgan fingerprint density at radius 3 is 2.84 bits per heavy atom. The van der Waals surface area contributed by atoms with Gasteiger partial charge in [-0.3, -0.25) is 9.25 Å². The molecule has 0 unspecified atom stereocenters. The van der Waals surface area contributed by atoms with E-state index >= 15 is 0 Å². The third kappa shape index (κ3) is 3.33. The van der Waals surface area contributed by atoms with Gasteiger partial charge in [0.15, 0.2) is 0 Å². The third-order valence-electron chi connectivity index (χ3n) is 3.85. The second-order valence-corrected chi connectivity index (χ2v) is 7.43. The number of aromatic nitrogens is 4. The van der Waals surface area contributed by atoms with Crippen LogP contribution >= 0.6 is 0 Å². The van der Waals surface area contributed by atoms with Crippen molar-refractivity contribution in [3.05, 3.63) is 41.9 Å². The Balaban J connectivity index is 2.01. The van der Waals surface area contributed by atoms with E-state index in [1.807, 2.05) is 29.0 Å². The number of fused-ring (bicyclic) bond motifs is 1. The summed E-state index contributed by atoms with van der Waals surface area (Å²) in [5, 5.41) is 13.9. The van der Waals surface area contributed by atoms with E-state index in [4.69, 9.17) is 5.11 Å². The van der Waals surface area contributed by atoms with E-state index in [1.54, 1.807) is 29.6 Å². The molecule has 0 saturated carbocycles. The number of nitrogens with zero attached hydrogens (tertiary/aromatic N) is 4. The van der Waals surface area contributed by atoms with Crippen LogP contribution < -0.4 is 4.72 Å². The number of nitrogens with one attached hydrogen (secondary N) is 1. The molecule has 0 aliphatic carbocycles. The topological polar surface area (TPSA) is 119 Å². The molecule has 0 atom stereocenters. The van der Waals surface area contributed by atoms with E-state index in [9.17, 15) is 13.2 Å². The predicted molar refractivity (Wildman–Crippen MR) is 91.2 cm³/mol. The lowest BCUT2D eigenvalue weighted by atomic mass is 10.2. The molecule has 25 heavy (non-hydrogen) atoms. The van der Waals surface area contributed by atoms with E-state index in [2.05, 4.69) is 10.1 Å². The molecule has 3 aromatic heterocycles. The quantitative estimate of drug-likeness (QED) is 0.703. The van der Waals surface area contributed by atoms with Crippen molar-refractivity contribution < 1.29 is 18.3 Å². The predicted octanol–water partition coefficient (Wildman–Crippen LogP) is 1.21. The zero-order chi connectivity index (χ0) is 18.2. The molecule has 10 heteroatoms. The van der Waals surface area contributed by atoms with Crippen molar-refractivity contribution in [2.24, 2.45) is 7.05 Å². The standard InChI is InChI=1S/C15H17N5O4S/c1-10-12(6-9-25(23,24)18-15(21)22)14(19(2)17-10)20-8-5-11-4-3-7-16-13(11)20/h3-5,7-8,18H,6,9H2,1-2H3,(H,21,22). The molecule has 0 radical (unpaired) electrons. The molecule has 0 aromatic carbocycles. The molecule has 9 nitrogen and oxygen atoms in total. The Labute approximate surface area is 144 Å².